The van der Waals surface area contributed by atoms with Crippen LogP contribution in [0.1, 0.15) is 20.3 Å². The van der Waals surface area contributed by atoms with Crippen LogP contribution in [0, 0.1) is 0 Å². The van der Waals surface area contributed by atoms with E-state index >= 15 is 0 Å². The van der Waals surface area contributed by atoms with Gasteiger partial charge in [0.15, 0.2) is 11.5 Å². The van der Waals surface area contributed by atoms with Gasteiger partial charge in [0, 0.05) is 11.6 Å². The molecule has 0 aromatic rings. The average Bonchev–Trinajstić information content (AvgIpc) is 2.08. The van der Waals surface area contributed by atoms with E-state index in [9.17, 15) is 9.59 Å². The Morgan fingerprint density at radius 1 is 1.36 bits per heavy atom. The number of carbonyl (C=O) groups excluding carboxylic acids is 2. The number of hydrogen-bond donors (Lipinski definition) is 1. The van der Waals surface area contributed by atoms with Gasteiger partial charge in [-0.1, -0.05) is 11.6 Å². The summed E-state index contributed by atoms with van der Waals surface area (Å²) in [5.74, 6) is -1.25. The molecule has 0 radical (unpaired) electrons. The maximum atomic E-state index is 11.3. The Labute approximate surface area is 82.4 Å². The lowest BCUT2D eigenvalue weighted by atomic mass is 9.98. The molecule has 1 rings (SSSR count). The zero-order valence-electron chi connectivity index (χ0n) is 8.20. The maximum absolute atomic E-state index is 11.3. The summed E-state index contributed by atoms with van der Waals surface area (Å²) in [7, 11) is 0. The van der Waals surface area contributed by atoms with Gasteiger partial charge in [-0.3, -0.25) is 9.59 Å². The second-order valence-corrected chi connectivity index (χ2v) is 3.42. The molecule has 0 spiro atoms. The molecule has 0 saturated heterocycles. The molecular formula is C11H12O3. The van der Waals surface area contributed by atoms with Gasteiger partial charge < -0.3 is 5.11 Å². The summed E-state index contributed by atoms with van der Waals surface area (Å²) in [4.78, 5) is 22.3. The van der Waals surface area contributed by atoms with Crippen molar-refractivity contribution in [3.63, 3.8) is 0 Å². The fourth-order valence-electron chi connectivity index (χ4n) is 1.11. The van der Waals surface area contributed by atoms with Crippen LogP contribution in [0.15, 0.2) is 35.1 Å². The highest BCUT2D eigenvalue weighted by Crippen LogP contribution is 2.15. The summed E-state index contributed by atoms with van der Waals surface area (Å²) < 4.78 is 0. The minimum Gasteiger partial charge on any atom is -0.504 e. The molecule has 0 aromatic heterocycles. The van der Waals surface area contributed by atoms with Crippen molar-refractivity contribution in [3.05, 3.63) is 35.1 Å². The van der Waals surface area contributed by atoms with E-state index in [0.717, 1.165) is 11.6 Å². The van der Waals surface area contributed by atoms with Crippen LogP contribution >= 0.6 is 0 Å². The van der Waals surface area contributed by atoms with Gasteiger partial charge in [0.25, 0.3) is 0 Å². The number of hydrogen-bond acceptors (Lipinski definition) is 3. The third-order valence-electron chi connectivity index (χ3n) is 1.85. The monoisotopic (exact) mass is 192 g/mol. The molecule has 1 aliphatic carbocycles. The molecule has 0 saturated carbocycles. The van der Waals surface area contributed by atoms with Gasteiger partial charge in [-0.15, -0.1) is 0 Å². The van der Waals surface area contributed by atoms with Crippen LogP contribution in [0.5, 0.6) is 0 Å². The number of allylic oxidation sites excluding steroid dienone is 5. The molecule has 0 amide bonds. The topological polar surface area (TPSA) is 54.4 Å². The number of Topliss-reactive ketones (excluding diaryl/α,β-unsaturated/α-hetero) is 1. The van der Waals surface area contributed by atoms with Crippen molar-refractivity contribution in [1.29, 1.82) is 0 Å². The van der Waals surface area contributed by atoms with Gasteiger partial charge in [-0.2, -0.15) is 0 Å². The summed E-state index contributed by atoms with van der Waals surface area (Å²) in [6, 6.07) is 0. The Bertz CT molecular complexity index is 366. The molecule has 0 unspecified atom stereocenters. The smallest absolute Gasteiger partial charge is 0.223 e. The second kappa shape index (κ2) is 4.05. The summed E-state index contributed by atoms with van der Waals surface area (Å²) in [5.41, 5.74) is 1.41. The van der Waals surface area contributed by atoms with Crippen molar-refractivity contribution < 1.29 is 14.7 Å². The van der Waals surface area contributed by atoms with Crippen molar-refractivity contribution >= 4 is 11.6 Å². The van der Waals surface area contributed by atoms with E-state index in [1.807, 2.05) is 19.9 Å². The van der Waals surface area contributed by atoms with Gasteiger partial charge in [0.05, 0.1) is 0 Å². The number of aliphatic hydroxyl groups is 1. The SMILES string of the molecule is CC(C)=CCC1=CC(=O)C=C(O)C1=O. The molecule has 3 heteroatoms. The third-order valence-corrected chi connectivity index (χ3v) is 1.85. The Morgan fingerprint density at radius 2 is 2.00 bits per heavy atom. The lowest BCUT2D eigenvalue weighted by molar-refractivity contribution is -0.117. The lowest BCUT2D eigenvalue weighted by Gasteiger charge is -2.07. The maximum Gasteiger partial charge on any atom is 0.223 e. The molecule has 0 bridgehead atoms. The van der Waals surface area contributed by atoms with Crippen LogP contribution in [0.3, 0.4) is 0 Å². The van der Waals surface area contributed by atoms with Gasteiger partial charge in [0.1, 0.15) is 0 Å². The highest BCUT2D eigenvalue weighted by Gasteiger charge is 2.19. The highest BCUT2D eigenvalue weighted by molar-refractivity contribution is 6.19. The normalized spacial score (nSPS) is 16.1. The minimum atomic E-state index is -0.463. The van der Waals surface area contributed by atoms with E-state index in [0.29, 0.717) is 12.0 Å². The summed E-state index contributed by atoms with van der Waals surface area (Å²) >= 11 is 0. The predicted octanol–water partition coefficient (Wildman–Crippen LogP) is 1.86. The molecule has 1 aliphatic rings. The molecule has 0 aromatic carbocycles. The first kappa shape index (κ1) is 10.4. The quantitative estimate of drug-likeness (QED) is 0.536. The Hall–Kier alpha value is -1.64. The molecule has 74 valence electrons. The molecule has 0 atom stereocenters. The zero-order chi connectivity index (χ0) is 10.7. The zero-order valence-corrected chi connectivity index (χ0v) is 8.20. The summed E-state index contributed by atoms with van der Waals surface area (Å²) in [6.45, 7) is 3.82. The molecular weight excluding hydrogens is 180 g/mol. The van der Waals surface area contributed by atoms with Gasteiger partial charge in [-0.25, -0.2) is 0 Å². The van der Waals surface area contributed by atoms with E-state index in [-0.39, 0.29) is 5.78 Å². The third kappa shape index (κ3) is 2.42. The van der Waals surface area contributed by atoms with Crippen molar-refractivity contribution in [2.45, 2.75) is 20.3 Å². The molecule has 1 N–H and O–H groups in total. The van der Waals surface area contributed by atoms with Crippen molar-refractivity contribution in [2.75, 3.05) is 0 Å². The van der Waals surface area contributed by atoms with Crippen LogP contribution in [0.25, 0.3) is 0 Å². The first-order valence-corrected chi connectivity index (χ1v) is 4.34. The van der Waals surface area contributed by atoms with Crippen LogP contribution in [0.2, 0.25) is 0 Å². The van der Waals surface area contributed by atoms with Crippen LogP contribution in [0.4, 0.5) is 0 Å². The largest absolute Gasteiger partial charge is 0.504 e. The highest BCUT2D eigenvalue weighted by atomic mass is 16.3. The molecule has 14 heavy (non-hydrogen) atoms. The average molecular weight is 192 g/mol. The van der Waals surface area contributed by atoms with Gasteiger partial charge in [0.2, 0.25) is 5.78 Å². The predicted molar refractivity (Wildman–Crippen MR) is 52.9 cm³/mol. The lowest BCUT2D eigenvalue weighted by Crippen LogP contribution is -2.13. The van der Waals surface area contributed by atoms with Crippen LogP contribution in [-0.4, -0.2) is 16.7 Å². The van der Waals surface area contributed by atoms with Crippen molar-refractivity contribution in [1.82, 2.24) is 0 Å². The molecule has 0 fully saturated rings. The van der Waals surface area contributed by atoms with Crippen molar-refractivity contribution in [3.8, 4) is 0 Å². The molecule has 0 aliphatic heterocycles. The standard InChI is InChI=1S/C11H12O3/c1-7(2)3-4-8-5-9(12)6-10(13)11(8)14/h3,5-6,13H,4H2,1-2H3. The van der Waals surface area contributed by atoms with Gasteiger partial charge in [-0.05, 0) is 26.3 Å². The van der Waals surface area contributed by atoms with Crippen LogP contribution < -0.4 is 0 Å². The van der Waals surface area contributed by atoms with Gasteiger partial charge >= 0.3 is 0 Å². The summed E-state index contributed by atoms with van der Waals surface area (Å²) in [5, 5.41) is 9.11. The van der Waals surface area contributed by atoms with E-state index in [4.69, 9.17) is 5.11 Å². The second-order valence-electron chi connectivity index (χ2n) is 3.42. The first-order chi connectivity index (χ1) is 6.50. The number of aliphatic hydroxyl groups excluding tert-OH is 1. The van der Waals surface area contributed by atoms with Crippen LogP contribution in [-0.2, 0) is 9.59 Å². The number of carbonyl (C=O) groups is 2. The summed E-state index contributed by atoms with van der Waals surface area (Å²) in [6.07, 6.45) is 4.44. The number of rotatable bonds is 2. The first-order valence-electron chi connectivity index (χ1n) is 4.34. The fraction of sp³-hybridized carbons (Fsp3) is 0.273. The molecule has 0 heterocycles. The Balaban J connectivity index is 2.85. The molecule has 3 nitrogen and oxygen atoms in total. The van der Waals surface area contributed by atoms with Crippen molar-refractivity contribution in [2.24, 2.45) is 0 Å². The van der Waals surface area contributed by atoms with E-state index in [1.54, 1.807) is 0 Å². The number of ketones is 2. The fourth-order valence-corrected chi connectivity index (χ4v) is 1.11. The Morgan fingerprint density at radius 3 is 2.57 bits per heavy atom. The van der Waals surface area contributed by atoms with E-state index < -0.39 is 11.5 Å². The minimum absolute atomic E-state index is 0.334. The van der Waals surface area contributed by atoms with E-state index in [1.165, 1.54) is 6.08 Å². The Kier molecular flexibility index (Phi) is 3.02. The van der Waals surface area contributed by atoms with E-state index in [2.05, 4.69) is 0 Å².